The van der Waals surface area contributed by atoms with Crippen molar-refractivity contribution in [3.05, 3.63) is 53.6 Å². The van der Waals surface area contributed by atoms with Gasteiger partial charge in [-0.1, -0.05) is 37.6 Å². The van der Waals surface area contributed by atoms with Crippen molar-refractivity contribution < 1.29 is 28.9 Å². The van der Waals surface area contributed by atoms with Crippen LogP contribution in [0.5, 0.6) is 17.2 Å². The van der Waals surface area contributed by atoms with E-state index in [0.29, 0.717) is 37.6 Å². The fourth-order valence-electron chi connectivity index (χ4n) is 5.89. The molecule has 0 spiro atoms. The first kappa shape index (κ1) is 29.7. The smallest absolute Gasteiger partial charge is 0.308 e. The van der Waals surface area contributed by atoms with Gasteiger partial charge in [-0.15, -0.1) is 0 Å². The molecular weight excluding hydrogens is 510 g/mol. The number of benzene rings is 2. The van der Waals surface area contributed by atoms with Crippen LogP contribution in [0.4, 0.5) is 0 Å². The van der Waals surface area contributed by atoms with Gasteiger partial charge < -0.3 is 29.1 Å². The van der Waals surface area contributed by atoms with Crippen molar-refractivity contribution in [3.8, 4) is 17.2 Å². The van der Waals surface area contributed by atoms with Gasteiger partial charge in [-0.25, -0.2) is 0 Å². The molecule has 2 aliphatic rings. The molecule has 218 valence electrons. The molecule has 3 atom stereocenters. The van der Waals surface area contributed by atoms with E-state index in [-0.39, 0.29) is 31.2 Å². The Bertz CT molecular complexity index is 1160. The van der Waals surface area contributed by atoms with Crippen LogP contribution in [0.2, 0.25) is 0 Å². The summed E-state index contributed by atoms with van der Waals surface area (Å²) in [6.07, 6.45) is 3.30. The number of carboxylic acids is 1. The molecular formula is C31H43N3O6. The molecule has 9 heteroatoms. The average Bonchev–Trinajstić information content (AvgIpc) is 3.55. The molecule has 0 aromatic heterocycles. The number of nitrogens with zero attached hydrogens (tertiary/aromatic N) is 3. The highest BCUT2D eigenvalue weighted by Gasteiger charge is 2.47. The first-order chi connectivity index (χ1) is 19.3. The highest BCUT2D eigenvalue weighted by Crippen LogP contribution is 2.43. The van der Waals surface area contributed by atoms with Crippen LogP contribution in [0.1, 0.15) is 43.2 Å². The minimum atomic E-state index is -0.869. The zero-order valence-electron chi connectivity index (χ0n) is 24.2. The Labute approximate surface area is 237 Å². The average molecular weight is 554 g/mol. The number of unbranched alkanes of at least 4 members (excludes halogenated alkanes) is 1. The zero-order chi connectivity index (χ0) is 28.6. The van der Waals surface area contributed by atoms with Gasteiger partial charge in [0.1, 0.15) is 5.75 Å². The second-order valence-electron chi connectivity index (χ2n) is 11.0. The largest absolute Gasteiger partial charge is 0.496 e. The van der Waals surface area contributed by atoms with Gasteiger partial charge in [-0.2, -0.15) is 0 Å². The monoisotopic (exact) mass is 553 g/mol. The topological polar surface area (TPSA) is 91.8 Å². The fraction of sp³-hybridized carbons (Fsp3) is 0.548. The molecule has 1 saturated heterocycles. The van der Waals surface area contributed by atoms with E-state index < -0.39 is 11.9 Å². The molecule has 1 N–H and O–H groups in total. The van der Waals surface area contributed by atoms with Gasteiger partial charge >= 0.3 is 5.97 Å². The molecule has 2 aromatic carbocycles. The molecule has 0 aliphatic carbocycles. The number of carbonyl (C=O) groups is 2. The molecule has 1 fully saturated rings. The molecule has 4 rings (SSSR count). The zero-order valence-corrected chi connectivity index (χ0v) is 24.2. The van der Waals surface area contributed by atoms with Crippen LogP contribution in [-0.2, 0) is 16.0 Å². The molecule has 0 bridgehead atoms. The third-order valence-corrected chi connectivity index (χ3v) is 7.99. The Morgan fingerprint density at radius 1 is 1.05 bits per heavy atom. The number of likely N-dealkylation sites (tertiary alicyclic amines) is 1. The Kier molecular flexibility index (Phi) is 10.3. The van der Waals surface area contributed by atoms with Gasteiger partial charge in [0.05, 0.1) is 19.6 Å². The highest BCUT2D eigenvalue weighted by molar-refractivity contribution is 5.79. The lowest BCUT2D eigenvalue weighted by atomic mass is 9.83. The fourth-order valence-corrected chi connectivity index (χ4v) is 5.89. The lowest BCUT2D eigenvalue weighted by molar-refractivity contribution is -0.143. The van der Waals surface area contributed by atoms with E-state index in [2.05, 4.69) is 16.7 Å². The van der Waals surface area contributed by atoms with Crippen LogP contribution in [-0.4, -0.2) is 98.4 Å². The van der Waals surface area contributed by atoms with E-state index >= 15 is 0 Å². The second-order valence-corrected chi connectivity index (χ2v) is 11.0. The van der Waals surface area contributed by atoms with Gasteiger partial charge in [-0.05, 0) is 69.2 Å². The number of hydrogen-bond acceptors (Lipinski definition) is 7. The van der Waals surface area contributed by atoms with Gasteiger partial charge in [0.15, 0.2) is 11.5 Å². The van der Waals surface area contributed by atoms with Crippen molar-refractivity contribution in [2.75, 3.05) is 60.7 Å². The van der Waals surface area contributed by atoms with Gasteiger partial charge in [-0.3, -0.25) is 14.5 Å². The normalized spacial score (nSPS) is 20.2. The van der Waals surface area contributed by atoms with E-state index in [1.165, 1.54) is 0 Å². The molecule has 1 amide bonds. The van der Waals surface area contributed by atoms with Gasteiger partial charge in [0.25, 0.3) is 0 Å². The number of aliphatic carboxylic acids is 1. The SMILES string of the molecule is CCCCN(CCCN(C)C)C(=O)CN1C[C@H](c2ccc3c(c2)OCO3)C(C(=O)O)[C@@H]1Cc1ccccc1OC. The number of fused-ring (bicyclic) bond motifs is 1. The molecule has 0 radical (unpaired) electrons. The number of methoxy groups -OCH3 is 1. The molecule has 2 aromatic rings. The maximum atomic E-state index is 13.7. The third kappa shape index (κ3) is 7.06. The maximum absolute atomic E-state index is 13.7. The highest BCUT2D eigenvalue weighted by atomic mass is 16.7. The molecule has 2 aliphatic heterocycles. The number of para-hydroxylation sites is 1. The number of carbonyl (C=O) groups excluding carboxylic acids is 1. The van der Waals surface area contributed by atoms with E-state index in [1.54, 1.807) is 7.11 Å². The van der Waals surface area contributed by atoms with Crippen molar-refractivity contribution in [3.63, 3.8) is 0 Å². The van der Waals surface area contributed by atoms with Gasteiger partial charge in [0, 0.05) is 31.6 Å². The number of carboxylic acid groups (broad SMARTS) is 1. The second kappa shape index (κ2) is 13.9. The summed E-state index contributed by atoms with van der Waals surface area (Å²) in [6.45, 7) is 5.22. The minimum absolute atomic E-state index is 0.0488. The summed E-state index contributed by atoms with van der Waals surface area (Å²) >= 11 is 0. The van der Waals surface area contributed by atoms with Crippen LogP contribution in [0.25, 0.3) is 0 Å². The summed E-state index contributed by atoms with van der Waals surface area (Å²) in [6, 6.07) is 13.0. The van der Waals surface area contributed by atoms with Crippen LogP contribution in [0.3, 0.4) is 0 Å². The Balaban J connectivity index is 1.63. The Morgan fingerprint density at radius 2 is 1.80 bits per heavy atom. The minimum Gasteiger partial charge on any atom is -0.496 e. The van der Waals surface area contributed by atoms with Crippen LogP contribution < -0.4 is 14.2 Å². The summed E-state index contributed by atoms with van der Waals surface area (Å²) in [4.78, 5) is 32.8. The first-order valence-corrected chi connectivity index (χ1v) is 14.2. The van der Waals surface area contributed by atoms with E-state index in [1.807, 2.05) is 61.5 Å². The predicted octanol–water partition coefficient (Wildman–Crippen LogP) is 3.72. The summed E-state index contributed by atoms with van der Waals surface area (Å²) in [5.74, 6) is 0.171. The van der Waals surface area contributed by atoms with E-state index in [4.69, 9.17) is 14.2 Å². The molecule has 40 heavy (non-hydrogen) atoms. The molecule has 0 saturated carbocycles. The van der Waals surface area contributed by atoms with Crippen molar-refractivity contribution in [2.24, 2.45) is 5.92 Å². The lowest BCUT2D eigenvalue weighted by Crippen LogP contribution is -2.45. The number of hydrogen-bond donors (Lipinski definition) is 1. The van der Waals surface area contributed by atoms with Crippen LogP contribution in [0, 0.1) is 5.92 Å². The lowest BCUT2D eigenvalue weighted by Gasteiger charge is -2.30. The first-order valence-electron chi connectivity index (χ1n) is 14.2. The predicted molar refractivity (Wildman–Crippen MR) is 153 cm³/mol. The number of amides is 1. The van der Waals surface area contributed by atoms with Crippen molar-refractivity contribution >= 4 is 11.9 Å². The summed E-state index contributed by atoms with van der Waals surface area (Å²) in [7, 11) is 5.69. The van der Waals surface area contributed by atoms with Crippen molar-refractivity contribution in [1.29, 1.82) is 0 Å². The molecule has 1 unspecified atom stereocenters. The Hall–Kier alpha value is -3.30. The molecule has 2 heterocycles. The third-order valence-electron chi connectivity index (χ3n) is 7.99. The van der Waals surface area contributed by atoms with E-state index in [9.17, 15) is 14.7 Å². The summed E-state index contributed by atoms with van der Waals surface area (Å²) in [5.41, 5.74) is 1.81. The summed E-state index contributed by atoms with van der Waals surface area (Å²) < 4.78 is 16.7. The summed E-state index contributed by atoms with van der Waals surface area (Å²) in [5, 5.41) is 10.5. The van der Waals surface area contributed by atoms with Crippen molar-refractivity contribution in [1.82, 2.24) is 14.7 Å². The maximum Gasteiger partial charge on any atom is 0.308 e. The Morgan fingerprint density at radius 3 is 2.52 bits per heavy atom. The standard InChI is InChI=1S/C31H43N3O6/c1-5-6-15-33(16-9-14-32(2)3)29(35)20-34-19-24(22-12-13-27-28(18-22)40-21-39-27)30(31(36)37)25(34)17-23-10-7-8-11-26(23)38-4/h7-8,10-13,18,24-25,30H,5-6,9,14-17,19-21H2,1-4H3,(H,36,37)/t24-,25+,30?/m1/s1. The van der Waals surface area contributed by atoms with Crippen LogP contribution >= 0.6 is 0 Å². The van der Waals surface area contributed by atoms with Crippen LogP contribution in [0.15, 0.2) is 42.5 Å². The van der Waals surface area contributed by atoms with Gasteiger partial charge in [0.2, 0.25) is 12.7 Å². The molecule has 9 nitrogen and oxygen atoms in total. The van der Waals surface area contributed by atoms with Crippen molar-refractivity contribution in [2.45, 2.75) is 44.6 Å². The number of ether oxygens (including phenoxy) is 3. The van der Waals surface area contributed by atoms with E-state index in [0.717, 1.165) is 42.7 Å². The number of rotatable bonds is 14. The quantitative estimate of drug-likeness (QED) is 0.379.